The van der Waals surface area contributed by atoms with Gasteiger partial charge in [-0.15, -0.1) is 6.58 Å². The molecule has 0 saturated heterocycles. The highest BCUT2D eigenvalue weighted by Crippen LogP contribution is 2.28. The Morgan fingerprint density at radius 2 is 2.37 bits per heavy atom. The van der Waals surface area contributed by atoms with Gasteiger partial charge in [0.2, 0.25) is 0 Å². The molecule has 0 bridgehead atoms. The lowest BCUT2D eigenvalue weighted by Crippen LogP contribution is -2.41. The van der Waals surface area contributed by atoms with Crippen LogP contribution in [0.5, 0.6) is 0 Å². The van der Waals surface area contributed by atoms with Crippen molar-refractivity contribution in [2.75, 3.05) is 51.9 Å². The summed E-state index contributed by atoms with van der Waals surface area (Å²) in [6.45, 7) is 7.22. The van der Waals surface area contributed by atoms with Crippen LogP contribution in [0.2, 0.25) is 0 Å². The molecule has 0 unspecified atom stereocenters. The molecule has 4 nitrogen and oxygen atoms in total. The van der Waals surface area contributed by atoms with Crippen molar-refractivity contribution in [3.05, 3.63) is 12.7 Å². The third-order valence-corrected chi connectivity index (χ3v) is 3.92. The highest BCUT2D eigenvalue weighted by Gasteiger charge is 2.21. The molecule has 1 fully saturated rings. The van der Waals surface area contributed by atoms with Crippen LogP contribution in [0.3, 0.4) is 0 Å². The molecule has 0 atom stereocenters. The number of ether oxygens (including phenoxy) is 1. The minimum Gasteiger partial charge on any atom is -0.379 e. The van der Waals surface area contributed by atoms with Gasteiger partial charge in [-0.05, 0) is 18.8 Å². The van der Waals surface area contributed by atoms with Gasteiger partial charge in [-0.1, -0.05) is 6.08 Å². The van der Waals surface area contributed by atoms with Crippen LogP contribution in [0.25, 0.3) is 0 Å². The summed E-state index contributed by atoms with van der Waals surface area (Å²) in [4.78, 5) is 6.39. The number of guanidine groups is 1. The molecule has 0 heterocycles. The van der Waals surface area contributed by atoms with Gasteiger partial charge in [0.25, 0.3) is 0 Å². The van der Waals surface area contributed by atoms with E-state index in [1.54, 1.807) is 0 Å². The fourth-order valence-corrected chi connectivity index (χ4v) is 2.21. The molecule has 0 spiro atoms. The zero-order chi connectivity index (χ0) is 13.9. The zero-order valence-electron chi connectivity index (χ0n) is 12.2. The Labute approximate surface area is 121 Å². The number of thioether (sulfide) groups is 1. The second kappa shape index (κ2) is 10.1. The topological polar surface area (TPSA) is 36.9 Å². The maximum Gasteiger partial charge on any atom is 0.193 e. The van der Waals surface area contributed by atoms with E-state index in [2.05, 4.69) is 21.8 Å². The third-order valence-electron chi connectivity index (χ3n) is 2.96. The van der Waals surface area contributed by atoms with Gasteiger partial charge in [-0.3, -0.25) is 4.99 Å². The van der Waals surface area contributed by atoms with E-state index in [0.29, 0.717) is 0 Å². The van der Waals surface area contributed by atoms with Crippen molar-refractivity contribution in [2.45, 2.75) is 12.8 Å². The molecule has 1 aliphatic rings. The third kappa shape index (κ3) is 8.16. The highest BCUT2D eigenvalue weighted by atomic mass is 32.2. The monoisotopic (exact) mass is 285 g/mol. The van der Waals surface area contributed by atoms with Crippen molar-refractivity contribution < 1.29 is 4.74 Å². The number of likely N-dealkylation sites (N-methyl/N-ethyl adjacent to an activating group) is 1. The zero-order valence-corrected chi connectivity index (χ0v) is 13.0. The van der Waals surface area contributed by atoms with E-state index in [0.717, 1.165) is 49.7 Å². The van der Waals surface area contributed by atoms with E-state index in [4.69, 9.17) is 4.74 Å². The van der Waals surface area contributed by atoms with Crippen molar-refractivity contribution in [1.29, 1.82) is 0 Å². The van der Waals surface area contributed by atoms with E-state index in [1.165, 1.54) is 12.8 Å². The molecular formula is C14H27N3OS. The maximum atomic E-state index is 5.64. The molecule has 0 aromatic rings. The average Bonchev–Trinajstić information content (AvgIpc) is 3.23. The van der Waals surface area contributed by atoms with E-state index in [9.17, 15) is 0 Å². The molecule has 1 rings (SSSR count). The fourth-order valence-electron chi connectivity index (χ4n) is 1.63. The Kier molecular flexibility index (Phi) is 8.75. The molecule has 1 aliphatic carbocycles. The molecule has 0 radical (unpaired) electrons. The van der Waals surface area contributed by atoms with Gasteiger partial charge in [-0.25, -0.2) is 0 Å². The van der Waals surface area contributed by atoms with Gasteiger partial charge in [0.1, 0.15) is 0 Å². The summed E-state index contributed by atoms with van der Waals surface area (Å²) < 4.78 is 5.64. The van der Waals surface area contributed by atoms with Crippen LogP contribution < -0.4 is 5.32 Å². The molecule has 0 aliphatic heterocycles. The number of nitrogens with zero attached hydrogens (tertiary/aromatic N) is 2. The first-order valence-electron chi connectivity index (χ1n) is 6.96. The van der Waals surface area contributed by atoms with Crippen molar-refractivity contribution >= 4 is 17.7 Å². The summed E-state index contributed by atoms with van der Waals surface area (Å²) in [5, 5.41) is 3.36. The van der Waals surface area contributed by atoms with E-state index < -0.39 is 0 Å². The molecule has 0 amide bonds. The summed E-state index contributed by atoms with van der Waals surface area (Å²) in [5.74, 6) is 3.85. The van der Waals surface area contributed by atoms with E-state index in [1.807, 2.05) is 31.9 Å². The van der Waals surface area contributed by atoms with Crippen molar-refractivity contribution in [1.82, 2.24) is 10.2 Å². The average molecular weight is 285 g/mol. The summed E-state index contributed by atoms with van der Waals surface area (Å²) >= 11 is 1.87. The van der Waals surface area contributed by atoms with Crippen LogP contribution in [-0.4, -0.2) is 62.8 Å². The summed E-state index contributed by atoms with van der Waals surface area (Å²) in [7, 11) is 3.87. The Balaban J connectivity index is 2.04. The van der Waals surface area contributed by atoms with Crippen molar-refractivity contribution in [2.24, 2.45) is 10.9 Å². The summed E-state index contributed by atoms with van der Waals surface area (Å²) in [6, 6.07) is 0. The molecular weight excluding hydrogens is 258 g/mol. The Hall–Kier alpha value is -0.680. The van der Waals surface area contributed by atoms with E-state index in [-0.39, 0.29) is 0 Å². The lowest BCUT2D eigenvalue weighted by Gasteiger charge is -2.21. The summed E-state index contributed by atoms with van der Waals surface area (Å²) in [6.07, 6.45) is 4.63. The van der Waals surface area contributed by atoms with Gasteiger partial charge in [-0.2, -0.15) is 11.8 Å². The fraction of sp³-hybridized carbons (Fsp3) is 0.786. The van der Waals surface area contributed by atoms with Crippen LogP contribution >= 0.6 is 11.8 Å². The molecule has 19 heavy (non-hydrogen) atoms. The summed E-state index contributed by atoms with van der Waals surface area (Å²) in [5.41, 5.74) is 0. The Morgan fingerprint density at radius 1 is 1.58 bits per heavy atom. The quantitative estimate of drug-likeness (QED) is 0.288. The first-order valence-corrected chi connectivity index (χ1v) is 8.11. The number of hydrogen-bond donors (Lipinski definition) is 1. The maximum absolute atomic E-state index is 5.64. The highest BCUT2D eigenvalue weighted by molar-refractivity contribution is 7.99. The van der Waals surface area contributed by atoms with Gasteiger partial charge in [0.05, 0.1) is 6.61 Å². The smallest absolute Gasteiger partial charge is 0.193 e. The number of aliphatic imine (C=N–C) groups is 1. The standard InChI is InChI=1S/C14H27N3OS/c1-4-10-19-11-7-16-14(15-2)17(3)8-9-18-12-13-5-6-13/h4,13H,1,5-12H2,2-3H3,(H,15,16). The first-order chi connectivity index (χ1) is 9.27. The van der Waals surface area contributed by atoms with E-state index >= 15 is 0 Å². The minimum absolute atomic E-state index is 0.777. The van der Waals surface area contributed by atoms with Crippen LogP contribution in [0, 0.1) is 5.92 Å². The lowest BCUT2D eigenvalue weighted by molar-refractivity contribution is 0.115. The normalized spacial score (nSPS) is 15.4. The number of rotatable bonds is 10. The minimum atomic E-state index is 0.777. The van der Waals surface area contributed by atoms with Gasteiger partial charge >= 0.3 is 0 Å². The SMILES string of the molecule is C=CCSCCNC(=NC)N(C)CCOCC1CC1. The predicted molar refractivity (Wildman–Crippen MR) is 85.1 cm³/mol. The largest absolute Gasteiger partial charge is 0.379 e. The molecule has 5 heteroatoms. The first kappa shape index (κ1) is 16.4. The Bertz CT molecular complexity index is 280. The molecule has 1 saturated carbocycles. The number of hydrogen-bond acceptors (Lipinski definition) is 3. The van der Waals surface area contributed by atoms with Crippen LogP contribution in [0.4, 0.5) is 0 Å². The van der Waals surface area contributed by atoms with Gasteiger partial charge in [0, 0.05) is 45.3 Å². The molecule has 110 valence electrons. The molecule has 0 aromatic carbocycles. The number of nitrogens with one attached hydrogen (secondary N) is 1. The predicted octanol–water partition coefficient (Wildman–Crippen LogP) is 1.84. The van der Waals surface area contributed by atoms with Crippen LogP contribution in [-0.2, 0) is 4.74 Å². The second-order valence-electron chi connectivity index (χ2n) is 4.78. The van der Waals surface area contributed by atoms with Crippen molar-refractivity contribution in [3.8, 4) is 0 Å². The lowest BCUT2D eigenvalue weighted by atomic mass is 10.5. The van der Waals surface area contributed by atoms with Crippen molar-refractivity contribution in [3.63, 3.8) is 0 Å². The second-order valence-corrected chi connectivity index (χ2v) is 5.93. The molecule has 1 N–H and O–H groups in total. The van der Waals surface area contributed by atoms with Gasteiger partial charge < -0.3 is 15.0 Å². The Morgan fingerprint density at radius 3 is 3.00 bits per heavy atom. The molecule has 0 aromatic heterocycles. The van der Waals surface area contributed by atoms with Gasteiger partial charge in [0.15, 0.2) is 5.96 Å². The van der Waals surface area contributed by atoms with Crippen LogP contribution in [0.1, 0.15) is 12.8 Å². The van der Waals surface area contributed by atoms with Crippen LogP contribution in [0.15, 0.2) is 17.6 Å².